The van der Waals surface area contributed by atoms with E-state index in [-0.39, 0.29) is 0 Å². The standard InChI is InChI=1S/C11H13NO2S/c1-7-4-5-14-9(7)11(3,13)10-8(2)12-6-15-10/h4-6,13H,1-3H3/t11-/m0/s1. The lowest BCUT2D eigenvalue weighted by Gasteiger charge is -2.20. The molecular weight excluding hydrogens is 210 g/mol. The summed E-state index contributed by atoms with van der Waals surface area (Å²) in [6.07, 6.45) is 1.59. The van der Waals surface area contributed by atoms with Gasteiger partial charge in [-0.2, -0.15) is 0 Å². The molecule has 2 aromatic heterocycles. The molecule has 0 saturated heterocycles. The highest BCUT2D eigenvalue weighted by atomic mass is 32.1. The minimum atomic E-state index is -1.08. The monoisotopic (exact) mass is 223 g/mol. The average Bonchev–Trinajstić information content (AvgIpc) is 2.73. The average molecular weight is 223 g/mol. The fraction of sp³-hybridized carbons (Fsp3) is 0.364. The number of nitrogens with zero attached hydrogens (tertiary/aromatic N) is 1. The van der Waals surface area contributed by atoms with Gasteiger partial charge in [-0.1, -0.05) is 0 Å². The first-order valence-electron chi connectivity index (χ1n) is 4.71. The van der Waals surface area contributed by atoms with E-state index < -0.39 is 5.60 Å². The van der Waals surface area contributed by atoms with Crippen molar-refractivity contribution in [3.05, 3.63) is 39.7 Å². The van der Waals surface area contributed by atoms with Gasteiger partial charge in [0.05, 0.1) is 22.3 Å². The van der Waals surface area contributed by atoms with Gasteiger partial charge in [0.15, 0.2) is 5.60 Å². The molecule has 3 nitrogen and oxygen atoms in total. The number of aliphatic hydroxyl groups is 1. The summed E-state index contributed by atoms with van der Waals surface area (Å²) in [5.41, 5.74) is 2.45. The van der Waals surface area contributed by atoms with Gasteiger partial charge in [0.1, 0.15) is 5.76 Å². The lowest BCUT2D eigenvalue weighted by Crippen LogP contribution is -2.22. The maximum absolute atomic E-state index is 10.5. The predicted molar refractivity (Wildman–Crippen MR) is 59.0 cm³/mol. The molecular formula is C11H13NO2S. The molecule has 0 fully saturated rings. The van der Waals surface area contributed by atoms with E-state index in [0.29, 0.717) is 5.76 Å². The molecule has 15 heavy (non-hydrogen) atoms. The smallest absolute Gasteiger partial charge is 0.155 e. The molecule has 1 N–H and O–H groups in total. The van der Waals surface area contributed by atoms with Crippen LogP contribution in [0.3, 0.4) is 0 Å². The Kier molecular flexibility index (Phi) is 2.40. The Hall–Kier alpha value is -1.13. The zero-order valence-corrected chi connectivity index (χ0v) is 9.76. The van der Waals surface area contributed by atoms with E-state index in [0.717, 1.165) is 16.1 Å². The molecule has 2 heterocycles. The molecule has 1 atom stereocenters. The summed E-state index contributed by atoms with van der Waals surface area (Å²) in [7, 11) is 0. The number of aromatic nitrogens is 1. The van der Waals surface area contributed by atoms with Crippen LogP contribution >= 0.6 is 11.3 Å². The molecule has 0 aliphatic heterocycles. The molecule has 4 heteroatoms. The molecule has 0 radical (unpaired) electrons. The molecule has 0 aromatic carbocycles. The SMILES string of the molecule is Cc1ccoc1[C@](C)(O)c1scnc1C. The van der Waals surface area contributed by atoms with E-state index >= 15 is 0 Å². The van der Waals surface area contributed by atoms with Gasteiger partial charge in [-0.3, -0.25) is 0 Å². The number of aryl methyl sites for hydroxylation is 2. The van der Waals surface area contributed by atoms with Crippen molar-refractivity contribution in [2.24, 2.45) is 0 Å². The molecule has 0 aliphatic carbocycles. The number of hydrogen-bond acceptors (Lipinski definition) is 4. The van der Waals surface area contributed by atoms with Gasteiger partial charge in [0.2, 0.25) is 0 Å². The molecule has 0 aliphatic rings. The van der Waals surface area contributed by atoms with Crippen LogP contribution in [0.15, 0.2) is 22.3 Å². The Morgan fingerprint density at radius 3 is 2.67 bits per heavy atom. The molecule has 0 bridgehead atoms. The van der Waals surface area contributed by atoms with E-state index in [9.17, 15) is 5.11 Å². The number of rotatable bonds is 2. The van der Waals surface area contributed by atoms with Crippen molar-refractivity contribution >= 4 is 11.3 Å². The van der Waals surface area contributed by atoms with Crippen LogP contribution in [0.1, 0.15) is 28.8 Å². The highest BCUT2D eigenvalue weighted by Gasteiger charge is 2.33. The van der Waals surface area contributed by atoms with Gasteiger partial charge in [-0.15, -0.1) is 11.3 Å². The van der Waals surface area contributed by atoms with Crippen molar-refractivity contribution in [2.75, 3.05) is 0 Å². The van der Waals surface area contributed by atoms with Crippen molar-refractivity contribution < 1.29 is 9.52 Å². The van der Waals surface area contributed by atoms with Crippen molar-refractivity contribution in [2.45, 2.75) is 26.4 Å². The van der Waals surface area contributed by atoms with Crippen molar-refractivity contribution in [1.29, 1.82) is 0 Å². The minimum absolute atomic E-state index is 0.592. The van der Waals surface area contributed by atoms with Crippen LogP contribution in [-0.4, -0.2) is 10.1 Å². The zero-order chi connectivity index (χ0) is 11.1. The highest BCUT2D eigenvalue weighted by molar-refractivity contribution is 7.09. The summed E-state index contributed by atoms with van der Waals surface area (Å²) < 4.78 is 5.34. The zero-order valence-electron chi connectivity index (χ0n) is 8.94. The Morgan fingerprint density at radius 1 is 1.47 bits per heavy atom. The molecule has 2 rings (SSSR count). The largest absolute Gasteiger partial charge is 0.466 e. The van der Waals surface area contributed by atoms with E-state index in [4.69, 9.17) is 4.42 Å². The third kappa shape index (κ3) is 1.60. The summed E-state index contributed by atoms with van der Waals surface area (Å²) >= 11 is 1.44. The Balaban J connectivity index is 2.53. The molecule has 0 spiro atoms. The van der Waals surface area contributed by atoms with Crippen molar-refractivity contribution in [3.8, 4) is 0 Å². The van der Waals surface area contributed by atoms with Crippen LogP contribution in [0.4, 0.5) is 0 Å². The summed E-state index contributed by atoms with van der Waals surface area (Å²) in [6, 6.07) is 1.85. The van der Waals surface area contributed by atoms with Crippen LogP contribution in [-0.2, 0) is 5.60 Å². The van der Waals surface area contributed by atoms with Gasteiger partial charge >= 0.3 is 0 Å². The Bertz CT molecular complexity index is 428. The number of thiazole rings is 1. The quantitative estimate of drug-likeness (QED) is 0.851. The summed E-state index contributed by atoms with van der Waals surface area (Å²) in [4.78, 5) is 4.97. The Labute approximate surface area is 92.4 Å². The van der Waals surface area contributed by atoms with Gasteiger partial charge in [-0.25, -0.2) is 4.98 Å². The van der Waals surface area contributed by atoms with Crippen LogP contribution in [0.5, 0.6) is 0 Å². The van der Waals surface area contributed by atoms with Gasteiger partial charge < -0.3 is 9.52 Å². The summed E-state index contributed by atoms with van der Waals surface area (Å²) in [5, 5.41) is 10.5. The lowest BCUT2D eigenvalue weighted by molar-refractivity contribution is 0.0787. The van der Waals surface area contributed by atoms with Gasteiger partial charge in [0.25, 0.3) is 0 Å². The number of hydrogen-bond donors (Lipinski definition) is 1. The molecule has 80 valence electrons. The maximum Gasteiger partial charge on any atom is 0.155 e. The second kappa shape index (κ2) is 3.47. The molecule has 0 saturated carbocycles. The normalized spacial score (nSPS) is 15.2. The first-order chi connectivity index (χ1) is 7.03. The first-order valence-corrected chi connectivity index (χ1v) is 5.59. The minimum Gasteiger partial charge on any atom is -0.466 e. The molecule has 0 amide bonds. The topological polar surface area (TPSA) is 46.3 Å². The third-order valence-electron chi connectivity index (χ3n) is 2.49. The second-order valence-corrected chi connectivity index (χ2v) is 4.63. The lowest BCUT2D eigenvalue weighted by atomic mass is 9.97. The van der Waals surface area contributed by atoms with Crippen molar-refractivity contribution in [1.82, 2.24) is 4.98 Å². The van der Waals surface area contributed by atoms with Crippen LogP contribution in [0, 0.1) is 13.8 Å². The second-order valence-electron chi connectivity index (χ2n) is 3.77. The molecule has 0 unspecified atom stereocenters. The van der Waals surface area contributed by atoms with Gasteiger partial charge in [0, 0.05) is 0 Å². The van der Waals surface area contributed by atoms with E-state index in [1.807, 2.05) is 19.9 Å². The first kappa shape index (κ1) is 10.4. The highest BCUT2D eigenvalue weighted by Crippen LogP contribution is 2.35. The third-order valence-corrected chi connectivity index (χ3v) is 3.63. The van der Waals surface area contributed by atoms with Gasteiger partial charge in [-0.05, 0) is 32.4 Å². The van der Waals surface area contributed by atoms with E-state index in [1.54, 1.807) is 18.7 Å². The van der Waals surface area contributed by atoms with Crippen LogP contribution < -0.4 is 0 Å². The van der Waals surface area contributed by atoms with E-state index in [1.165, 1.54) is 11.3 Å². The Morgan fingerprint density at radius 2 is 2.20 bits per heavy atom. The van der Waals surface area contributed by atoms with Crippen molar-refractivity contribution in [3.63, 3.8) is 0 Å². The summed E-state index contributed by atoms with van der Waals surface area (Å²) in [6.45, 7) is 5.54. The summed E-state index contributed by atoms with van der Waals surface area (Å²) in [5.74, 6) is 0.592. The van der Waals surface area contributed by atoms with Crippen LogP contribution in [0.25, 0.3) is 0 Å². The fourth-order valence-corrected chi connectivity index (χ4v) is 2.61. The number of furan rings is 1. The van der Waals surface area contributed by atoms with Crippen LogP contribution in [0.2, 0.25) is 0 Å². The fourth-order valence-electron chi connectivity index (χ4n) is 1.74. The van der Waals surface area contributed by atoms with E-state index in [2.05, 4.69) is 4.98 Å². The predicted octanol–water partition coefficient (Wildman–Crippen LogP) is 2.61. The maximum atomic E-state index is 10.5. The molecule has 2 aromatic rings.